The van der Waals surface area contributed by atoms with E-state index in [-0.39, 0.29) is 11.7 Å². The summed E-state index contributed by atoms with van der Waals surface area (Å²) in [5.74, 6) is -0.101. The largest absolute Gasteiger partial charge is 0.494 e. The topological polar surface area (TPSA) is 47.6 Å². The highest BCUT2D eigenvalue weighted by Crippen LogP contribution is 2.28. The lowest BCUT2D eigenvalue weighted by atomic mass is 10.1. The lowest BCUT2D eigenvalue weighted by molar-refractivity contribution is -0.117. The van der Waals surface area contributed by atoms with Crippen LogP contribution in [0.2, 0.25) is 0 Å². The molecule has 0 aromatic heterocycles. The molecule has 0 saturated carbocycles. The number of ether oxygens (including phenoxy) is 2. The minimum Gasteiger partial charge on any atom is -0.494 e. The predicted octanol–water partition coefficient (Wildman–Crippen LogP) is 2.89. The number of carbonyl (C=O) groups is 1. The molecule has 4 nitrogen and oxygen atoms in total. The number of aryl methyl sites for hydroxylation is 2. The second-order valence-corrected chi connectivity index (χ2v) is 4.95. The Kier molecular flexibility index (Phi) is 3.91. The third-order valence-corrected chi connectivity index (χ3v) is 3.17. The van der Waals surface area contributed by atoms with Gasteiger partial charge in [0.2, 0.25) is 5.76 Å². The van der Waals surface area contributed by atoms with Crippen LogP contribution in [0, 0.1) is 13.8 Å². The van der Waals surface area contributed by atoms with Gasteiger partial charge in [0, 0.05) is 4.47 Å². The molecule has 0 radical (unpaired) electrons. The van der Waals surface area contributed by atoms with Crippen LogP contribution >= 0.6 is 15.9 Å². The molecule has 0 aliphatic carbocycles. The summed E-state index contributed by atoms with van der Waals surface area (Å²) in [6, 6.07) is 3.96. The fourth-order valence-electron chi connectivity index (χ4n) is 1.74. The van der Waals surface area contributed by atoms with E-state index in [1.165, 1.54) is 6.26 Å². The molecule has 0 saturated heterocycles. The van der Waals surface area contributed by atoms with Crippen molar-refractivity contribution in [1.29, 1.82) is 0 Å². The monoisotopic (exact) mass is 311 g/mol. The van der Waals surface area contributed by atoms with E-state index in [1.807, 2.05) is 26.0 Å². The number of anilines is 1. The van der Waals surface area contributed by atoms with Crippen LogP contribution in [-0.4, -0.2) is 19.1 Å². The molecule has 5 heteroatoms. The number of carbonyl (C=O) groups excluding carboxylic acids is 1. The van der Waals surface area contributed by atoms with Crippen LogP contribution in [0.5, 0.6) is 0 Å². The van der Waals surface area contributed by atoms with Crippen molar-refractivity contribution in [3.8, 4) is 0 Å². The van der Waals surface area contributed by atoms with Gasteiger partial charge < -0.3 is 14.8 Å². The number of amides is 1. The zero-order valence-corrected chi connectivity index (χ0v) is 11.8. The number of halogens is 1. The molecular weight excluding hydrogens is 298 g/mol. The molecule has 1 N–H and O–H groups in total. The van der Waals surface area contributed by atoms with Crippen molar-refractivity contribution in [3.05, 3.63) is 39.8 Å². The normalized spacial score (nSPS) is 14.3. The number of nitrogens with one attached hydrogen (secondary N) is 1. The molecule has 1 heterocycles. The van der Waals surface area contributed by atoms with Gasteiger partial charge in [-0.15, -0.1) is 0 Å². The van der Waals surface area contributed by atoms with Crippen LogP contribution < -0.4 is 5.32 Å². The van der Waals surface area contributed by atoms with E-state index >= 15 is 0 Å². The summed E-state index contributed by atoms with van der Waals surface area (Å²) in [7, 11) is 0. The SMILES string of the molecule is Cc1cc(C)c(NC(=O)C2=COCCO2)c(Br)c1. The third kappa shape index (κ3) is 2.85. The summed E-state index contributed by atoms with van der Waals surface area (Å²) < 4.78 is 11.1. The number of hydrogen-bond donors (Lipinski definition) is 1. The minimum absolute atomic E-state index is 0.202. The molecule has 0 spiro atoms. The minimum atomic E-state index is -0.303. The van der Waals surface area contributed by atoms with Crippen molar-refractivity contribution < 1.29 is 14.3 Å². The Morgan fingerprint density at radius 2 is 2.11 bits per heavy atom. The lowest BCUT2D eigenvalue weighted by Gasteiger charge is -2.16. The van der Waals surface area contributed by atoms with Gasteiger partial charge in [0.1, 0.15) is 19.5 Å². The van der Waals surface area contributed by atoms with Gasteiger partial charge in [0.15, 0.2) is 0 Å². The van der Waals surface area contributed by atoms with Gasteiger partial charge in [-0.1, -0.05) is 6.07 Å². The first kappa shape index (κ1) is 13.0. The van der Waals surface area contributed by atoms with Gasteiger partial charge in [0.05, 0.1) is 5.69 Å². The fraction of sp³-hybridized carbons (Fsp3) is 0.308. The van der Waals surface area contributed by atoms with E-state index in [0.717, 1.165) is 21.3 Å². The predicted molar refractivity (Wildman–Crippen MR) is 72.2 cm³/mol. The summed E-state index contributed by atoms with van der Waals surface area (Å²) >= 11 is 3.44. The highest BCUT2D eigenvalue weighted by atomic mass is 79.9. The molecule has 0 fully saturated rings. The highest BCUT2D eigenvalue weighted by molar-refractivity contribution is 9.10. The second kappa shape index (κ2) is 5.44. The van der Waals surface area contributed by atoms with Crippen molar-refractivity contribution in [2.24, 2.45) is 0 Å². The summed E-state index contributed by atoms with van der Waals surface area (Å²) in [5, 5.41) is 2.82. The molecule has 2 rings (SSSR count). The standard InChI is InChI=1S/C13H14BrNO3/c1-8-5-9(2)12(10(14)6-8)15-13(16)11-7-17-3-4-18-11/h5-7H,3-4H2,1-2H3,(H,15,16). The van der Waals surface area contributed by atoms with Crippen molar-refractivity contribution in [2.45, 2.75) is 13.8 Å². The molecule has 96 valence electrons. The van der Waals surface area contributed by atoms with E-state index < -0.39 is 0 Å². The van der Waals surface area contributed by atoms with Gasteiger partial charge in [0.25, 0.3) is 5.91 Å². The Balaban J connectivity index is 2.19. The van der Waals surface area contributed by atoms with Gasteiger partial charge in [-0.2, -0.15) is 0 Å². The van der Waals surface area contributed by atoms with Gasteiger partial charge in [-0.25, -0.2) is 0 Å². The first-order valence-electron chi connectivity index (χ1n) is 5.60. The third-order valence-electron chi connectivity index (χ3n) is 2.54. The average molecular weight is 312 g/mol. The van der Waals surface area contributed by atoms with Crippen LogP contribution in [-0.2, 0) is 14.3 Å². The van der Waals surface area contributed by atoms with Crippen LogP contribution in [0.4, 0.5) is 5.69 Å². The molecule has 0 unspecified atom stereocenters. The lowest BCUT2D eigenvalue weighted by Crippen LogP contribution is -2.21. The molecule has 1 amide bonds. The Bertz CT molecular complexity index is 488. The quantitative estimate of drug-likeness (QED) is 0.913. The zero-order valence-electron chi connectivity index (χ0n) is 10.2. The van der Waals surface area contributed by atoms with E-state index in [0.29, 0.717) is 13.2 Å². The summed E-state index contributed by atoms with van der Waals surface area (Å²) in [6.07, 6.45) is 1.34. The molecule has 18 heavy (non-hydrogen) atoms. The molecule has 1 aliphatic rings. The van der Waals surface area contributed by atoms with E-state index in [1.54, 1.807) is 0 Å². The van der Waals surface area contributed by atoms with Gasteiger partial charge in [-0.3, -0.25) is 4.79 Å². The molecule has 1 aromatic rings. The second-order valence-electron chi connectivity index (χ2n) is 4.09. The van der Waals surface area contributed by atoms with E-state index in [2.05, 4.69) is 21.2 Å². The van der Waals surface area contributed by atoms with Crippen molar-refractivity contribution >= 4 is 27.5 Å². The molecule has 0 bridgehead atoms. The van der Waals surface area contributed by atoms with E-state index in [9.17, 15) is 4.79 Å². The van der Waals surface area contributed by atoms with E-state index in [4.69, 9.17) is 9.47 Å². The Labute approximate surface area is 114 Å². The fourth-order valence-corrected chi connectivity index (χ4v) is 2.51. The van der Waals surface area contributed by atoms with Gasteiger partial charge >= 0.3 is 0 Å². The van der Waals surface area contributed by atoms with Gasteiger partial charge in [-0.05, 0) is 47.0 Å². The number of benzene rings is 1. The molecule has 0 atom stereocenters. The Morgan fingerprint density at radius 3 is 2.72 bits per heavy atom. The van der Waals surface area contributed by atoms with Crippen LogP contribution in [0.25, 0.3) is 0 Å². The van der Waals surface area contributed by atoms with Crippen LogP contribution in [0.3, 0.4) is 0 Å². The Hall–Kier alpha value is -1.49. The maximum atomic E-state index is 12.0. The van der Waals surface area contributed by atoms with Crippen LogP contribution in [0.15, 0.2) is 28.6 Å². The summed E-state index contributed by atoms with van der Waals surface area (Å²) in [5.41, 5.74) is 2.88. The smallest absolute Gasteiger partial charge is 0.294 e. The zero-order chi connectivity index (χ0) is 13.1. The van der Waals surface area contributed by atoms with Crippen molar-refractivity contribution in [3.63, 3.8) is 0 Å². The highest BCUT2D eigenvalue weighted by Gasteiger charge is 2.17. The molecule has 1 aromatic carbocycles. The first-order valence-corrected chi connectivity index (χ1v) is 6.40. The van der Waals surface area contributed by atoms with Crippen molar-refractivity contribution in [2.75, 3.05) is 18.5 Å². The van der Waals surface area contributed by atoms with Crippen LogP contribution in [0.1, 0.15) is 11.1 Å². The average Bonchev–Trinajstić information content (AvgIpc) is 2.34. The summed E-state index contributed by atoms with van der Waals surface area (Å²) in [4.78, 5) is 12.0. The Morgan fingerprint density at radius 1 is 1.33 bits per heavy atom. The maximum absolute atomic E-state index is 12.0. The molecular formula is C13H14BrNO3. The summed E-state index contributed by atoms with van der Waals surface area (Å²) in [6.45, 7) is 4.82. The number of rotatable bonds is 2. The molecule has 1 aliphatic heterocycles. The number of hydrogen-bond acceptors (Lipinski definition) is 3. The first-order chi connectivity index (χ1) is 8.58. The van der Waals surface area contributed by atoms with Crippen molar-refractivity contribution in [1.82, 2.24) is 0 Å². The maximum Gasteiger partial charge on any atom is 0.294 e.